The van der Waals surface area contributed by atoms with Gasteiger partial charge in [0.05, 0.1) is 22.2 Å². The van der Waals surface area contributed by atoms with Gasteiger partial charge in [0.1, 0.15) is 5.75 Å². The molecule has 3 aromatic rings. The maximum Gasteiger partial charge on any atom is 0.309 e. The molecule has 0 atom stereocenters. The number of piperidine rings is 1. The Hall–Kier alpha value is -2.59. The summed E-state index contributed by atoms with van der Waals surface area (Å²) in [6, 6.07) is 11.7. The van der Waals surface area contributed by atoms with Gasteiger partial charge in [-0.05, 0) is 68.7 Å². The van der Waals surface area contributed by atoms with Crippen LogP contribution in [0.4, 0.5) is 0 Å². The lowest BCUT2D eigenvalue weighted by atomic mass is 10.1. The van der Waals surface area contributed by atoms with Crippen LogP contribution in [0.5, 0.6) is 5.75 Å². The average molecular weight is 580 g/mol. The third kappa shape index (κ3) is 6.88. The highest BCUT2D eigenvalue weighted by Crippen LogP contribution is 2.33. The normalized spacial score (nSPS) is 14.4. The zero-order valence-electron chi connectivity index (χ0n) is 21.5. The molecule has 0 radical (unpaired) electrons. The van der Waals surface area contributed by atoms with E-state index in [-0.39, 0.29) is 23.1 Å². The first-order valence-electron chi connectivity index (χ1n) is 12.8. The molecule has 1 amide bonds. The van der Waals surface area contributed by atoms with Crippen molar-refractivity contribution < 1.29 is 17.4 Å². The van der Waals surface area contributed by atoms with Crippen LogP contribution < -0.4 is 9.61 Å². The zero-order chi connectivity index (χ0) is 27.3. The molecule has 0 spiro atoms. The molecule has 1 aliphatic heterocycles. The topological polar surface area (TPSA) is 93.5 Å². The van der Waals surface area contributed by atoms with Crippen molar-refractivity contribution in [3.63, 3.8) is 0 Å². The molecule has 204 valence electrons. The molecule has 4 rings (SSSR count). The fourth-order valence-corrected chi connectivity index (χ4v) is 6.00. The van der Waals surface area contributed by atoms with Crippen molar-refractivity contribution in [2.45, 2.75) is 52.4 Å². The Morgan fingerprint density at radius 3 is 2.42 bits per heavy atom. The van der Waals surface area contributed by atoms with E-state index in [1.165, 1.54) is 0 Å². The summed E-state index contributed by atoms with van der Waals surface area (Å²) in [7, 11) is -3.68. The molecule has 0 aliphatic carbocycles. The molecule has 0 unspecified atom stereocenters. The van der Waals surface area contributed by atoms with Gasteiger partial charge in [-0.1, -0.05) is 49.4 Å². The summed E-state index contributed by atoms with van der Waals surface area (Å²) in [6.07, 6.45) is 5.52. The summed E-state index contributed by atoms with van der Waals surface area (Å²) in [5.41, 5.74) is 5.83. The van der Waals surface area contributed by atoms with Crippen LogP contribution in [0.2, 0.25) is 10.0 Å². The van der Waals surface area contributed by atoms with E-state index in [0.29, 0.717) is 39.0 Å². The van der Waals surface area contributed by atoms with E-state index in [0.717, 1.165) is 45.2 Å². The molecule has 0 saturated carbocycles. The van der Waals surface area contributed by atoms with E-state index in [1.807, 2.05) is 18.9 Å². The van der Waals surface area contributed by atoms with Crippen LogP contribution in [0, 0.1) is 6.92 Å². The quantitative estimate of drug-likeness (QED) is 0.228. The van der Waals surface area contributed by atoms with Crippen molar-refractivity contribution in [3.8, 4) is 22.7 Å². The number of carbonyl (C=O) groups is 1. The Morgan fingerprint density at radius 2 is 1.76 bits per heavy atom. The lowest BCUT2D eigenvalue weighted by Gasteiger charge is -2.26. The standard InChI is InChI=1S/C27H32Cl2N4O4S/c1-3-4-8-17-38(35,36)37-22-12-9-20(10-13-22)26-19(2)25(27(34)31-32-15-6-5-7-16-32)30-33(26)24-14-11-21(28)18-23(24)29/h9-14,18H,3-8,15-17H2,1-2H3,(H,31,34). The lowest BCUT2D eigenvalue weighted by molar-refractivity contribution is 0.0743. The summed E-state index contributed by atoms with van der Waals surface area (Å²) < 4.78 is 31.5. The van der Waals surface area contributed by atoms with Crippen LogP contribution in [-0.4, -0.2) is 48.0 Å². The Balaban J connectivity index is 1.68. The van der Waals surface area contributed by atoms with Gasteiger partial charge in [0, 0.05) is 29.2 Å². The third-order valence-electron chi connectivity index (χ3n) is 6.44. The van der Waals surface area contributed by atoms with Crippen LogP contribution >= 0.6 is 23.2 Å². The lowest BCUT2D eigenvalue weighted by Crippen LogP contribution is -2.45. The summed E-state index contributed by atoms with van der Waals surface area (Å²) in [6.45, 7) is 5.43. The number of benzene rings is 2. The minimum atomic E-state index is -3.68. The van der Waals surface area contributed by atoms with Gasteiger partial charge in [-0.3, -0.25) is 10.2 Å². The summed E-state index contributed by atoms with van der Waals surface area (Å²) in [5, 5.41) is 7.44. The summed E-state index contributed by atoms with van der Waals surface area (Å²) >= 11 is 12.6. The summed E-state index contributed by atoms with van der Waals surface area (Å²) in [4.78, 5) is 13.3. The molecule has 1 N–H and O–H groups in total. The number of hydrazine groups is 1. The highest BCUT2D eigenvalue weighted by Gasteiger charge is 2.25. The maximum absolute atomic E-state index is 13.3. The zero-order valence-corrected chi connectivity index (χ0v) is 23.9. The fraction of sp³-hybridized carbons (Fsp3) is 0.407. The Morgan fingerprint density at radius 1 is 1.05 bits per heavy atom. The number of halogens is 2. The Labute approximate surface area is 234 Å². The number of nitrogens with one attached hydrogen (secondary N) is 1. The van der Waals surface area contributed by atoms with E-state index in [4.69, 9.17) is 27.4 Å². The average Bonchev–Trinajstić information content (AvgIpc) is 3.22. The number of nitrogens with zero attached hydrogens (tertiary/aromatic N) is 3. The van der Waals surface area contributed by atoms with Gasteiger partial charge in [-0.2, -0.15) is 13.5 Å². The van der Waals surface area contributed by atoms with Crippen LogP contribution in [-0.2, 0) is 10.1 Å². The minimum absolute atomic E-state index is 0.0287. The molecule has 1 fully saturated rings. The van der Waals surface area contributed by atoms with Crippen molar-refractivity contribution in [1.82, 2.24) is 20.2 Å². The van der Waals surface area contributed by atoms with Gasteiger partial charge < -0.3 is 4.18 Å². The first-order chi connectivity index (χ1) is 18.2. The van der Waals surface area contributed by atoms with Crippen molar-refractivity contribution in [3.05, 3.63) is 63.8 Å². The van der Waals surface area contributed by atoms with Crippen molar-refractivity contribution in [2.24, 2.45) is 0 Å². The number of carbonyl (C=O) groups excluding carboxylic acids is 1. The van der Waals surface area contributed by atoms with Crippen LogP contribution in [0.15, 0.2) is 42.5 Å². The molecule has 8 nitrogen and oxygen atoms in total. The fourth-order valence-electron chi connectivity index (χ4n) is 4.47. The number of hydrogen-bond donors (Lipinski definition) is 1. The van der Waals surface area contributed by atoms with E-state index in [1.54, 1.807) is 47.1 Å². The van der Waals surface area contributed by atoms with Gasteiger partial charge in [-0.25, -0.2) is 9.69 Å². The monoisotopic (exact) mass is 578 g/mol. The number of unbranched alkanes of at least 4 members (excludes halogenated alkanes) is 2. The smallest absolute Gasteiger partial charge is 0.309 e. The number of aromatic nitrogens is 2. The SMILES string of the molecule is CCCCCS(=O)(=O)Oc1ccc(-c2c(C)c(C(=O)NN3CCCCC3)nn2-c2ccc(Cl)cc2Cl)cc1. The van der Waals surface area contributed by atoms with Gasteiger partial charge in [-0.15, -0.1) is 0 Å². The van der Waals surface area contributed by atoms with Gasteiger partial charge in [0.2, 0.25) is 0 Å². The van der Waals surface area contributed by atoms with Gasteiger partial charge >= 0.3 is 10.1 Å². The van der Waals surface area contributed by atoms with Crippen molar-refractivity contribution >= 4 is 39.2 Å². The first-order valence-corrected chi connectivity index (χ1v) is 15.2. The van der Waals surface area contributed by atoms with E-state index >= 15 is 0 Å². The van der Waals surface area contributed by atoms with Crippen molar-refractivity contribution in [2.75, 3.05) is 18.8 Å². The van der Waals surface area contributed by atoms with Crippen LogP contribution in [0.1, 0.15) is 61.5 Å². The van der Waals surface area contributed by atoms with Gasteiger partial charge in [0.25, 0.3) is 5.91 Å². The molecular formula is C27H32Cl2N4O4S. The molecule has 38 heavy (non-hydrogen) atoms. The highest BCUT2D eigenvalue weighted by atomic mass is 35.5. The predicted molar refractivity (Wildman–Crippen MR) is 151 cm³/mol. The first kappa shape index (κ1) is 28.4. The molecule has 1 aromatic heterocycles. The van der Waals surface area contributed by atoms with Crippen LogP contribution in [0.3, 0.4) is 0 Å². The van der Waals surface area contributed by atoms with Gasteiger partial charge in [0.15, 0.2) is 5.69 Å². The predicted octanol–water partition coefficient (Wildman–Crippen LogP) is 6.18. The summed E-state index contributed by atoms with van der Waals surface area (Å²) in [5.74, 6) is -0.104. The second-order valence-electron chi connectivity index (χ2n) is 9.40. The molecule has 2 aromatic carbocycles. The Bertz CT molecular complexity index is 1380. The maximum atomic E-state index is 13.3. The van der Waals surface area contributed by atoms with E-state index in [2.05, 4.69) is 10.5 Å². The molecule has 0 bridgehead atoms. The third-order valence-corrected chi connectivity index (χ3v) is 8.21. The van der Waals surface area contributed by atoms with Crippen LogP contribution in [0.25, 0.3) is 16.9 Å². The largest absolute Gasteiger partial charge is 0.382 e. The van der Waals surface area contributed by atoms with E-state index in [9.17, 15) is 13.2 Å². The molecule has 1 saturated heterocycles. The van der Waals surface area contributed by atoms with Crippen molar-refractivity contribution in [1.29, 1.82) is 0 Å². The minimum Gasteiger partial charge on any atom is -0.382 e. The number of rotatable bonds is 10. The Kier molecular flexibility index (Phi) is 9.36. The highest BCUT2D eigenvalue weighted by molar-refractivity contribution is 7.87. The second kappa shape index (κ2) is 12.5. The second-order valence-corrected chi connectivity index (χ2v) is 11.9. The van der Waals surface area contributed by atoms with E-state index < -0.39 is 10.1 Å². The molecule has 2 heterocycles. The molecular weight excluding hydrogens is 547 g/mol. The molecule has 11 heteroatoms. The number of amides is 1. The number of hydrogen-bond acceptors (Lipinski definition) is 6. The molecule has 1 aliphatic rings.